The number of nitrogens with one attached hydrogen (secondary N) is 1. The molecule has 1 amide bonds. The quantitative estimate of drug-likeness (QED) is 0.667. The average molecular weight is 366 g/mol. The van der Waals surface area contributed by atoms with Crippen LogP contribution in [0.3, 0.4) is 0 Å². The molecule has 0 aliphatic carbocycles. The summed E-state index contributed by atoms with van der Waals surface area (Å²) < 4.78 is 5.58. The molecule has 3 aromatic rings. The van der Waals surface area contributed by atoms with E-state index < -0.39 is 0 Å². The average Bonchev–Trinajstić information content (AvgIpc) is 3.08. The van der Waals surface area contributed by atoms with Crippen molar-refractivity contribution in [3.05, 3.63) is 64.5 Å². The standard InChI is InChI=1S/C21H22N2O2S/c1-4-16-5-7-17(8-6-16)19-13-26-21(22-19)23-20(24)12-25-18-10-14(2)9-15(3)11-18/h5-11,13H,4,12H2,1-3H3,(H,22,23,24). The summed E-state index contributed by atoms with van der Waals surface area (Å²) in [6.45, 7) is 6.10. The van der Waals surface area contributed by atoms with Gasteiger partial charge in [-0.25, -0.2) is 4.98 Å². The van der Waals surface area contributed by atoms with Crippen molar-refractivity contribution < 1.29 is 9.53 Å². The van der Waals surface area contributed by atoms with Gasteiger partial charge in [-0.2, -0.15) is 0 Å². The zero-order valence-electron chi connectivity index (χ0n) is 15.2. The van der Waals surface area contributed by atoms with Crippen molar-refractivity contribution in [1.82, 2.24) is 4.98 Å². The normalized spacial score (nSPS) is 10.6. The lowest BCUT2D eigenvalue weighted by atomic mass is 10.1. The Kier molecular flexibility index (Phi) is 5.68. The molecule has 0 unspecified atom stereocenters. The summed E-state index contributed by atoms with van der Waals surface area (Å²) in [5.41, 5.74) is 5.42. The molecule has 4 nitrogen and oxygen atoms in total. The lowest BCUT2D eigenvalue weighted by Gasteiger charge is -2.07. The maximum absolute atomic E-state index is 12.1. The zero-order chi connectivity index (χ0) is 18.5. The molecule has 0 aliphatic heterocycles. The Morgan fingerprint density at radius 3 is 2.46 bits per heavy atom. The Bertz CT molecular complexity index is 880. The number of hydrogen-bond donors (Lipinski definition) is 1. The first-order valence-electron chi connectivity index (χ1n) is 8.59. The van der Waals surface area contributed by atoms with Gasteiger partial charge in [0, 0.05) is 10.9 Å². The number of aryl methyl sites for hydroxylation is 3. The number of thiazole rings is 1. The first-order chi connectivity index (χ1) is 12.5. The van der Waals surface area contributed by atoms with Crippen LogP contribution in [-0.4, -0.2) is 17.5 Å². The molecule has 0 fully saturated rings. The van der Waals surface area contributed by atoms with Crippen LogP contribution in [0, 0.1) is 13.8 Å². The van der Waals surface area contributed by atoms with Crippen LogP contribution in [0.5, 0.6) is 5.75 Å². The summed E-state index contributed by atoms with van der Waals surface area (Å²) in [6, 6.07) is 14.2. The summed E-state index contributed by atoms with van der Waals surface area (Å²) >= 11 is 1.41. The minimum atomic E-state index is -0.216. The molecule has 0 saturated heterocycles. The molecule has 5 heteroatoms. The Hall–Kier alpha value is -2.66. The molecule has 0 atom stereocenters. The second-order valence-corrected chi connectivity index (χ2v) is 7.11. The van der Waals surface area contributed by atoms with Gasteiger partial charge in [0.2, 0.25) is 0 Å². The third-order valence-corrected chi connectivity index (χ3v) is 4.73. The number of aromatic nitrogens is 1. The fourth-order valence-electron chi connectivity index (χ4n) is 2.70. The van der Waals surface area contributed by atoms with Gasteiger partial charge in [0.1, 0.15) is 5.75 Å². The molecule has 3 rings (SSSR count). The zero-order valence-corrected chi connectivity index (χ0v) is 16.0. The van der Waals surface area contributed by atoms with E-state index in [-0.39, 0.29) is 12.5 Å². The van der Waals surface area contributed by atoms with Crippen molar-refractivity contribution in [2.45, 2.75) is 27.2 Å². The van der Waals surface area contributed by atoms with Gasteiger partial charge in [0.25, 0.3) is 5.91 Å². The fraction of sp³-hybridized carbons (Fsp3) is 0.238. The third-order valence-electron chi connectivity index (χ3n) is 3.97. The minimum absolute atomic E-state index is 0.0387. The number of carbonyl (C=O) groups excluding carboxylic acids is 1. The molecule has 0 aliphatic rings. The van der Waals surface area contributed by atoms with Crippen molar-refractivity contribution in [1.29, 1.82) is 0 Å². The van der Waals surface area contributed by atoms with Crippen molar-refractivity contribution >= 4 is 22.4 Å². The Labute approximate surface area is 157 Å². The first-order valence-corrected chi connectivity index (χ1v) is 9.47. The van der Waals surface area contributed by atoms with Gasteiger partial charge >= 0.3 is 0 Å². The predicted molar refractivity (Wildman–Crippen MR) is 107 cm³/mol. The molecule has 0 saturated carbocycles. The van der Waals surface area contributed by atoms with Crippen molar-refractivity contribution in [2.75, 3.05) is 11.9 Å². The number of hydrogen-bond acceptors (Lipinski definition) is 4. The highest BCUT2D eigenvalue weighted by molar-refractivity contribution is 7.14. The van der Waals surface area contributed by atoms with E-state index in [4.69, 9.17) is 4.74 Å². The summed E-state index contributed by atoms with van der Waals surface area (Å²) in [4.78, 5) is 16.6. The Morgan fingerprint density at radius 2 is 1.81 bits per heavy atom. The highest BCUT2D eigenvalue weighted by Crippen LogP contribution is 2.25. The van der Waals surface area contributed by atoms with Crippen LogP contribution in [0.1, 0.15) is 23.6 Å². The van der Waals surface area contributed by atoms with Crippen molar-refractivity contribution in [3.8, 4) is 17.0 Å². The van der Waals surface area contributed by atoms with E-state index in [2.05, 4.69) is 47.6 Å². The largest absolute Gasteiger partial charge is 0.484 e. The van der Waals surface area contributed by atoms with Gasteiger partial charge in [-0.1, -0.05) is 37.3 Å². The predicted octanol–water partition coefficient (Wildman–Crippen LogP) is 5.01. The molecule has 0 bridgehead atoms. The highest BCUT2D eigenvalue weighted by atomic mass is 32.1. The summed E-state index contributed by atoms with van der Waals surface area (Å²) in [7, 11) is 0. The number of benzene rings is 2. The highest BCUT2D eigenvalue weighted by Gasteiger charge is 2.09. The van der Waals surface area contributed by atoms with Gasteiger partial charge in [-0.3, -0.25) is 10.1 Å². The van der Waals surface area contributed by atoms with Crippen LogP contribution in [-0.2, 0) is 11.2 Å². The lowest BCUT2D eigenvalue weighted by molar-refractivity contribution is -0.118. The van der Waals surface area contributed by atoms with Crippen LogP contribution in [0.2, 0.25) is 0 Å². The van der Waals surface area contributed by atoms with E-state index in [0.29, 0.717) is 10.9 Å². The van der Waals surface area contributed by atoms with E-state index in [9.17, 15) is 4.79 Å². The summed E-state index contributed by atoms with van der Waals surface area (Å²) in [5, 5.41) is 5.32. The van der Waals surface area contributed by atoms with Crippen LogP contribution in [0.4, 0.5) is 5.13 Å². The fourth-order valence-corrected chi connectivity index (χ4v) is 3.43. The lowest BCUT2D eigenvalue weighted by Crippen LogP contribution is -2.20. The van der Waals surface area contributed by atoms with Crippen molar-refractivity contribution in [3.63, 3.8) is 0 Å². The number of rotatable bonds is 6. The Morgan fingerprint density at radius 1 is 1.12 bits per heavy atom. The number of amides is 1. The van der Waals surface area contributed by atoms with E-state index in [1.807, 2.05) is 31.4 Å². The number of carbonyl (C=O) groups is 1. The maximum atomic E-state index is 12.1. The number of ether oxygens (including phenoxy) is 1. The van der Waals surface area contributed by atoms with Gasteiger partial charge < -0.3 is 4.74 Å². The van der Waals surface area contributed by atoms with E-state index in [1.165, 1.54) is 16.9 Å². The summed E-state index contributed by atoms with van der Waals surface area (Å²) in [5.74, 6) is 0.486. The van der Waals surface area contributed by atoms with Crippen LogP contribution in [0.15, 0.2) is 47.8 Å². The minimum Gasteiger partial charge on any atom is -0.484 e. The molecular formula is C21H22N2O2S. The van der Waals surface area contributed by atoms with Crippen LogP contribution >= 0.6 is 11.3 Å². The second-order valence-electron chi connectivity index (χ2n) is 6.25. The molecule has 134 valence electrons. The van der Waals surface area contributed by atoms with E-state index >= 15 is 0 Å². The summed E-state index contributed by atoms with van der Waals surface area (Å²) in [6.07, 6.45) is 1.01. The monoisotopic (exact) mass is 366 g/mol. The SMILES string of the molecule is CCc1ccc(-c2csc(NC(=O)COc3cc(C)cc(C)c3)n2)cc1. The molecule has 26 heavy (non-hydrogen) atoms. The molecule has 0 radical (unpaired) electrons. The maximum Gasteiger partial charge on any atom is 0.264 e. The van der Waals surface area contributed by atoms with Crippen LogP contribution in [0.25, 0.3) is 11.3 Å². The first kappa shape index (κ1) is 18.1. The van der Waals surface area contributed by atoms with Crippen LogP contribution < -0.4 is 10.1 Å². The molecule has 1 heterocycles. The molecular weight excluding hydrogens is 344 g/mol. The molecule has 1 N–H and O–H groups in total. The van der Waals surface area contributed by atoms with E-state index in [0.717, 1.165) is 28.8 Å². The molecule has 1 aromatic heterocycles. The number of anilines is 1. The number of nitrogens with zero attached hydrogens (tertiary/aromatic N) is 1. The smallest absolute Gasteiger partial charge is 0.264 e. The third kappa shape index (κ3) is 4.70. The van der Waals surface area contributed by atoms with Gasteiger partial charge in [0.05, 0.1) is 5.69 Å². The van der Waals surface area contributed by atoms with E-state index in [1.54, 1.807) is 0 Å². The van der Waals surface area contributed by atoms with Crippen molar-refractivity contribution in [2.24, 2.45) is 0 Å². The second kappa shape index (κ2) is 8.15. The van der Waals surface area contributed by atoms with Gasteiger partial charge in [0.15, 0.2) is 11.7 Å². The Balaban J connectivity index is 1.58. The molecule has 0 spiro atoms. The molecule has 2 aromatic carbocycles. The van der Waals surface area contributed by atoms with Gasteiger partial charge in [-0.15, -0.1) is 11.3 Å². The topological polar surface area (TPSA) is 51.2 Å². The van der Waals surface area contributed by atoms with Gasteiger partial charge in [-0.05, 0) is 49.1 Å².